The monoisotopic (exact) mass is 746 g/mol. The lowest BCUT2D eigenvalue weighted by Gasteiger charge is -2.39. The van der Waals surface area contributed by atoms with Gasteiger partial charge in [0.25, 0.3) is 0 Å². The molecule has 2 atom stereocenters. The van der Waals surface area contributed by atoms with E-state index in [2.05, 4.69) is 64.1 Å². The number of aryl methyl sites for hydroxylation is 2. The molecule has 290 valence electrons. The van der Waals surface area contributed by atoms with Crippen LogP contribution in [-0.4, -0.2) is 99.8 Å². The normalized spacial score (nSPS) is 18.8. The van der Waals surface area contributed by atoms with E-state index in [0.717, 1.165) is 104 Å². The summed E-state index contributed by atoms with van der Waals surface area (Å²) in [5.41, 5.74) is 18.5. The van der Waals surface area contributed by atoms with Crippen molar-refractivity contribution in [1.29, 1.82) is 5.26 Å². The van der Waals surface area contributed by atoms with Gasteiger partial charge >= 0.3 is 0 Å². The first-order chi connectivity index (χ1) is 26.5. The lowest BCUT2D eigenvalue weighted by Crippen LogP contribution is -2.52. The number of ketones is 1. The van der Waals surface area contributed by atoms with Crippen LogP contribution < -0.4 is 21.7 Å². The minimum absolute atomic E-state index is 0.0193. The number of piperidine rings is 1. The molecule has 13 nitrogen and oxygen atoms in total. The summed E-state index contributed by atoms with van der Waals surface area (Å²) < 4.78 is 1.85. The van der Waals surface area contributed by atoms with E-state index in [1.54, 1.807) is 12.3 Å². The number of carbonyl (C=O) groups excluding carboxylic acids is 3. The Bertz CT molecular complexity index is 2120. The van der Waals surface area contributed by atoms with E-state index in [-0.39, 0.29) is 23.6 Å². The van der Waals surface area contributed by atoms with Crippen LogP contribution in [0.15, 0.2) is 42.7 Å². The number of imidazole rings is 1. The largest absolute Gasteiger partial charge is 0.369 e. The number of benzene rings is 2. The maximum Gasteiger partial charge on any atom is 0.237 e. The van der Waals surface area contributed by atoms with Gasteiger partial charge in [-0.3, -0.25) is 14.4 Å². The van der Waals surface area contributed by atoms with Crippen molar-refractivity contribution in [2.45, 2.75) is 89.8 Å². The summed E-state index contributed by atoms with van der Waals surface area (Å²) in [5, 5.41) is 13.5. The Balaban J connectivity index is 0.899. The molecule has 0 unspecified atom stereocenters. The standard InChI is InChI=1S/C42H54N10O3/c1-4-28-23-31-32(42(2,3)39-37(38(31)54)30-12-11-27(25-43)22-34(30)48-39)24-35(28)50-18-20-51(21-19-50)36(53)10-7-15-49-14-5-8-29(26-49)47-40(55)33(44)9-6-16-52-17-13-46-41(52)45/h11-13,17,22-24,29,33,48H,4-10,14-16,18-21,26,44H2,1-3H3,(H2,45,46)(H,47,55)/t29-,33+/m1/s1. The highest BCUT2D eigenvalue weighted by Crippen LogP contribution is 2.46. The first-order valence-electron chi connectivity index (χ1n) is 19.8. The number of nitrogen functional groups attached to an aromatic ring is 1. The van der Waals surface area contributed by atoms with Gasteiger partial charge in [0.15, 0.2) is 11.7 Å². The molecule has 2 saturated heterocycles. The lowest BCUT2D eigenvalue weighted by molar-refractivity contribution is -0.131. The van der Waals surface area contributed by atoms with E-state index < -0.39 is 11.5 Å². The number of carbonyl (C=O) groups is 3. The van der Waals surface area contributed by atoms with E-state index >= 15 is 0 Å². The van der Waals surface area contributed by atoms with Crippen LogP contribution in [0.5, 0.6) is 0 Å². The number of H-pyrrole nitrogens is 1. The molecule has 2 aliphatic heterocycles. The summed E-state index contributed by atoms with van der Waals surface area (Å²) in [7, 11) is 0. The number of hydrogen-bond acceptors (Lipinski definition) is 9. The lowest BCUT2D eigenvalue weighted by atomic mass is 9.70. The summed E-state index contributed by atoms with van der Waals surface area (Å²) in [4.78, 5) is 54.5. The Hall–Kier alpha value is -5.19. The zero-order chi connectivity index (χ0) is 38.9. The Morgan fingerprint density at radius 3 is 2.64 bits per heavy atom. The van der Waals surface area contributed by atoms with Crippen LogP contribution in [0.4, 0.5) is 11.6 Å². The SMILES string of the molecule is CCc1cc2c(cc1N1CCN(C(=O)CCCN3CCC[C@@H](NC(=O)[C@@H](N)CCCn4ccnc4N)C3)CC1)C(C)(C)c1[nH]c3cc(C#N)ccc3c1C2=O. The molecule has 0 radical (unpaired) electrons. The van der Waals surface area contributed by atoms with Crippen LogP contribution in [0.3, 0.4) is 0 Å². The Morgan fingerprint density at radius 2 is 1.91 bits per heavy atom. The molecule has 7 rings (SSSR count). The summed E-state index contributed by atoms with van der Waals surface area (Å²) in [5.74, 6) is 0.554. The van der Waals surface area contributed by atoms with E-state index in [1.807, 2.05) is 27.8 Å². The molecule has 13 heteroatoms. The smallest absolute Gasteiger partial charge is 0.237 e. The Labute approximate surface area is 323 Å². The number of nitrogens with zero attached hydrogens (tertiary/aromatic N) is 6. The first-order valence-corrected chi connectivity index (χ1v) is 19.8. The number of piperazine rings is 1. The van der Waals surface area contributed by atoms with Crippen molar-refractivity contribution in [3.63, 3.8) is 0 Å². The molecule has 0 bridgehead atoms. The second kappa shape index (κ2) is 15.9. The maximum atomic E-state index is 14.1. The molecule has 3 aliphatic rings. The van der Waals surface area contributed by atoms with Gasteiger partial charge in [-0.05, 0) is 87.0 Å². The van der Waals surface area contributed by atoms with Crippen LogP contribution in [0.25, 0.3) is 10.9 Å². The molecule has 1 aliphatic carbocycles. The van der Waals surface area contributed by atoms with Gasteiger partial charge in [-0.25, -0.2) is 4.98 Å². The van der Waals surface area contributed by atoms with Crippen molar-refractivity contribution in [2.75, 3.05) is 56.4 Å². The summed E-state index contributed by atoms with van der Waals surface area (Å²) in [6.07, 6.45) is 8.78. The number of anilines is 2. The molecule has 6 N–H and O–H groups in total. The molecule has 4 aromatic rings. The fourth-order valence-electron chi connectivity index (χ4n) is 8.79. The highest BCUT2D eigenvalue weighted by Gasteiger charge is 2.41. The first kappa shape index (κ1) is 38.1. The molecule has 2 fully saturated rings. The molecule has 4 heterocycles. The zero-order valence-corrected chi connectivity index (χ0v) is 32.4. The molecular weight excluding hydrogens is 693 g/mol. The van der Waals surface area contributed by atoms with E-state index in [0.29, 0.717) is 49.6 Å². The second-order valence-electron chi connectivity index (χ2n) is 15.9. The number of nitrogens with two attached hydrogens (primary N) is 2. The number of rotatable bonds is 12. The summed E-state index contributed by atoms with van der Waals surface area (Å²) in [6, 6.07) is 11.5. The molecule has 2 aromatic carbocycles. The zero-order valence-electron chi connectivity index (χ0n) is 32.4. The van der Waals surface area contributed by atoms with Gasteiger partial charge in [-0.2, -0.15) is 5.26 Å². The highest BCUT2D eigenvalue weighted by molar-refractivity contribution is 6.20. The number of nitrogens with one attached hydrogen (secondary N) is 2. The van der Waals surface area contributed by atoms with E-state index in [1.165, 1.54) is 0 Å². The van der Waals surface area contributed by atoms with Crippen LogP contribution in [0.2, 0.25) is 0 Å². The molecule has 0 saturated carbocycles. The third kappa shape index (κ3) is 7.71. The fourth-order valence-corrected chi connectivity index (χ4v) is 8.79. The van der Waals surface area contributed by atoms with Gasteiger partial charge in [0.2, 0.25) is 11.8 Å². The number of nitriles is 1. The van der Waals surface area contributed by atoms with E-state index in [9.17, 15) is 19.6 Å². The molecule has 2 aromatic heterocycles. The number of fused-ring (bicyclic) bond motifs is 4. The van der Waals surface area contributed by atoms with Crippen molar-refractivity contribution >= 4 is 40.1 Å². The molecule has 55 heavy (non-hydrogen) atoms. The number of amides is 2. The predicted molar refractivity (Wildman–Crippen MR) is 214 cm³/mol. The summed E-state index contributed by atoms with van der Waals surface area (Å²) >= 11 is 0. The van der Waals surface area contributed by atoms with Crippen LogP contribution >= 0.6 is 0 Å². The van der Waals surface area contributed by atoms with Gasteiger partial charge in [0.05, 0.1) is 23.2 Å². The van der Waals surface area contributed by atoms with Gasteiger partial charge < -0.3 is 41.0 Å². The molecular formula is C42H54N10O3. The maximum absolute atomic E-state index is 14.1. The van der Waals surface area contributed by atoms with Crippen molar-refractivity contribution in [1.82, 2.24) is 29.7 Å². The average Bonchev–Trinajstić information content (AvgIpc) is 3.79. The van der Waals surface area contributed by atoms with Crippen molar-refractivity contribution < 1.29 is 14.4 Å². The van der Waals surface area contributed by atoms with E-state index in [4.69, 9.17) is 11.5 Å². The van der Waals surface area contributed by atoms with Crippen LogP contribution in [0.1, 0.15) is 97.6 Å². The fraction of sp³-hybridized carbons (Fsp3) is 0.500. The number of aromatic nitrogens is 3. The second-order valence-corrected chi connectivity index (χ2v) is 15.9. The molecule has 2 amide bonds. The van der Waals surface area contributed by atoms with Gasteiger partial charge in [-0.1, -0.05) is 26.8 Å². The van der Waals surface area contributed by atoms with Crippen molar-refractivity contribution in [3.05, 3.63) is 76.2 Å². The van der Waals surface area contributed by atoms with Crippen molar-refractivity contribution in [2.24, 2.45) is 5.73 Å². The van der Waals surface area contributed by atoms with Crippen LogP contribution in [0, 0.1) is 11.3 Å². The van der Waals surface area contributed by atoms with Gasteiger partial charge in [0.1, 0.15) is 0 Å². The predicted octanol–water partition coefficient (Wildman–Crippen LogP) is 4.07. The van der Waals surface area contributed by atoms with Gasteiger partial charge in [0, 0.05) is 97.4 Å². The van der Waals surface area contributed by atoms with Crippen molar-refractivity contribution in [3.8, 4) is 6.07 Å². The highest BCUT2D eigenvalue weighted by atomic mass is 16.2. The third-order valence-corrected chi connectivity index (χ3v) is 12.0. The number of aromatic amines is 1. The third-order valence-electron chi connectivity index (χ3n) is 12.0. The topological polar surface area (TPSA) is 182 Å². The average molecular weight is 747 g/mol. The van der Waals surface area contributed by atoms with Gasteiger partial charge in [-0.15, -0.1) is 0 Å². The molecule has 0 spiro atoms. The quantitative estimate of drug-likeness (QED) is 0.166. The number of likely N-dealkylation sites (tertiary alicyclic amines) is 1. The Kier molecular flexibility index (Phi) is 11.0. The summed E-state index contributed by atoms with van der Waals surface area (Å²) in [6.45, 7) is 12.4. The minimum Gasteiger partial charge on any atom is -0.369 e. The Morgan fingerprint density at radius 1 is 1.11 bits per heavy atom. The van der Waals surface area contributed by atoms with Crippen LogP contribution in [-0.2, 0) is 28.0 Å². The number of hydrogen-bond donors (Lipinski definition) is 4. The minimum atomic E-state index is -0.566.